The third kappa shape index (κ3) is 3.03. The van der Waals surface area contributed by atoms with Crippen LogP contribution in [0.25, 0.3) is 0 Å². The van der Waals surface area contributed by atoms with E-state index in [2.05, 4.69) is 32.9 Å². The van der Waals surface area contributed by atoms with E-state index in [0.717, 1.165) is 12.7 Å². The Balaban J connectivity index is 2.80. The summed E-state index contributed by atoms with van der Waals surface area (Å²) in [5.41, 5.74) is 2.62. The smallest absolute Gasteiger partial charge is 0.122 e. The SMILES string of the molecule is CC1=C(CC(O)CC=O)C(C)(C)CC=C1. The van der Waals surface area contributed by atoms with Gasteiger partial charge in [-0.2, -0.15) is 0 Å². The zero-order chi connectivity index (χ0) is 11.5. The van der Waals surface area contributed by atoms with Crippen LogP contribution in [0, 0.1) is 5.41 Å². The summed E-state index contributed by atoms with van der Waals surface area (Å²) in [5, 5.41) is 9.66. The lowest BCUT2D eigenvalue weighted by atomic mass is 9.73. The van der Waals surface area contributed by atoms with Crippen LogP contribution in [0.4, 0.5) is 0 Å². The summed E-state index contributed by atoms with van der Waals surface area (Å²) in [6, 6.07) is 0. The van der Waals surface area contributed by atoms with Crippen LogP contribution in [0.1, 0.15) is 40.0 Å². The average Bonchev–Trinajstić information content (AvgIpc) is 2.12. The van der Waals surface area contributed by atoms with E-state index in [0.29, 0.717) is 6.42 Å². The van der Waals surface area contributed by atoms with E-state index in [1.54, 1.807) is 0 Å². The standard InChI is InChI=1S/C13H20O2/c1-10-5-4-7-13(2,3)12(10)9-11(15)6-8-14/h4-5,8,11,15H,6-7,9H2,1-3H3. The minimum atomic E-state index is -0.529. The van der Waals surface area contributed by atoms with Crippen LogP contribution in [0.2, 0.25) is 0 Å². The molecule has 84 valence electrons. The van der Waals surface area contributed by atoms with E-state index in [9.17, 15) is 9.90 Å². The van der Waals surface area contributed by atoms with Crippen LogP contribution >= 0.6 is 0 Å². The van der Waals surface area contributed by atoms with Gasteiger partial charge < -0.3 is 9.90 Å². The van der Waals surface area contributed by atoms with Crippen molar-refractivity contribution in [3.63, 3.8) is 0 Å². The topological polar surface area (TPSA) is 37.3 Å². The number of carbonyl (C=O) groups is 1. The highest BCUT2D eigenvalue weighted by molar-refractivity contribution is 5.50. The van der Waals surface area contributed by atoms with Crippen molar-refractivity contribution in [2.24, 2.45) is 5.41 Å². The number of rotatable bonds is 4. The summed E-state index contributed by atoms with van der Waals surface area (Å²) in [4.78, 5) is 10.3. The van der Waals surface area contributed by atoms with Crippen molar-refractivity contribution < 1.29 is 9.90 Å². The summed E-state index contributed by atoms with van der Waals surface area (Å²) < 4.78 is 0. The molecule has 0 fully saturated rings. The predicted molar refractivity (Wildman–Crippen MR) is 61.5 cm³/mol. The molecule has 1 rings (SSSR count). The van der Waals surface area contributed by atoms with Crippen molar-refractivity contribution in [3.05, 3.63) is 23.3 Å². The largest absolute Gasteiger partial charge is 0.392 e. The van der Waals surface area contributed by atoms with Gasteiger partial charge in [-0.05, 0) is 25.2 Å². The highest BCUT2D eigenvalue weighted by Gasteiger charge is 2.27. The number of aldehydes is 1. The molecule has 0 saturated heterocycles. The summed E-state index contributed by atoms with van der Waals surface area (Å²) >= 11 is 0. The molecule has 15 heavy (non-hydrogen) atoms. The molecule has 1 aliphatic carbocycles. The molecule has 0 aromatic carbocycles. The fourth-order valence-corrected chi connectivity index (χ4v) is 2.16. The second-order valence-electron chi connectivity index (χ2n) is 4.91. The molecule has 0 saturated carbocycles. The molecular formula is C13H20O2. The second kappa shape index (κ2) is 4.75. The van der Waals surface area contributed by atoms with Crippen LogP contribution < -0.4 is 0 Å². The van der Waals surface area contributed by atoms with E-state index in [1.807, 2.05) is 0 Å². The van der Waals surface area contributed by atoms with Crippen LogP contribution in [-0.2, 0) is 4.79 Å². The summed E-state index contributed by atoms with van der Waals surface area (Å²) in [5.74, 6) is 0. The number of aliphatic hydroxyl groups excluding tert-OH is 1. The van der Waals surface area contributed by atoms with E-state index in [1.165, 1.54) is 11.1 Å². The molecule has 2 nitrogen and oxygen atoms in total. The Labute approximate surface area is 91.7 Å². The fourth-order valence-electron chi connectivity index (χ4n) is 2.16. The number of allylic oxidation sites excluding steroid dienone is 3. The minimum Gasteiger partial charge on any atom is -0.392 e. The van der Waals surface area contributed by atoms with Crippen LogP contribution in [-0.4, -0.2) is 17.5 Å². The summed E-state index contributed by atoms with van der Waals surface area (Å²) in [7, 11) is 0. The molecule has 0 amide bonds. The van der Waals surface area contributed by atoms with Crippen molar-refractivity contribution >= 4 is 6.29 Å². The first-order valence-corrected chi connectivity index (χ1v) is 5.46. The highest BCUT2D eigenvalue weighted by atomic mass is 16.3. The van der Waals surface area contributed by atoms with Gasteiger partial charge in [0.1, 0.15) is 6.29 Å². The molecule has 0 radical (unpaired) electrons. The molecule has 0 bridgehead atoms. The van der Waals surface area contributed by atoms with E-state index in [4.69, 9.17) is 0 Å². The molecule has 1 atom stereocenters. The maximum atomic E-state index is 10.3. The third-order valence-corrected chi connectivity index (χ3v) is 3.10. The van der Waals surface area contributed by atoms with Crippen LogP contribution in [0.15, 0.2) is 23.3 Å². The molecular weight excluding hydrogens is 188 g/mol. The number of aliphatic hydroxyl groups is 1. The normalized spacial score (nSPS) is 21.6. The van der Waals surface area contributed by atoms with Gasteiger partial charge in [-0.25, -0.2) is 0 Å². The average molecular weight is 208 g/mol. The van der Waals surface area contributed by atoms with E-state index >= 15 is 0 Å². The van der Waals surface area contributed by atoms with Crippen LogP contribution in [0.5, 0.6) is 0 Å². The van der Waals surface area contributed by atoms with Crippen molar-refractivity contribution in [2.75, 3.05) is 0 Å². The van der Waals surface area contributed by atoms with Crippen molar-refractivity contribution in [3.8, 4) is 0 Å². The summed E-state index contributed by atoms with van der Waals surface area (Å²) in [6.07, 6.45) is 6.38. The van der Waals surface area contributed by atoms with Gasteiger partial charge in [0.15, 0.2) is 0 Å². The van der Waals surface area contributed by atoms with E-state index in [-0.39, 0.29) is 11.8 Å². The van der Waals surface area contributed by atoms with Gasteiger partial charge in [-0.15, -0.1) is 0 Å². The lowest BCUT2D eigenvalue weighted by Gasteiger charge is -2.32. The lowest BCUT2D eigenvalue weighted by molar-refractivity contribution is -0.109. The Morgan fingerprint density at radius 1 is 1.60 bits per heavy atom. The Kier molecular flexibility index (Phi) is 3.86. The Morgan fingerprint density at radius 3 is 2.80 bits per heavy atom. The van der Waals surface area contributed by atoms with Gasteiger partial charge in [0.2, 0.25) is 0 Å². The molecule has 0 aliphatic heterocycles. The van der Waals surface area contributed by atoms with Crippen molar-refractivity contribution in [1.29, 1.82) is 0 Å². The van der Waals surface area contributed by atoms with Crippen molar-refractivity contribution in [2.45, 2.75) is 46.1 Å². The number of hydrogen-bond donors (Lipinski definition) is 1. The predicted octanol–water partition coefficient (Wildman–Crippen LogP) is 2.63. The third-order valence-electron chi connectivity index (χ3n) is 3.10. The molecule has 2 heteroatoms. The second-order valence-corrected chi connectivity index (χ2v) is 4.91. The Hall–Kier alpha value is -0.890. The van der Waals surface area contributed by atoms with Gasteiger partial charge in [-0.3, -0.25) is 0 Å². The zero-order valence-corrected chi connectivity index (χ0v) is 9.79. The molecule has 1 aliphatic rings. The highest BCUT2D eigenvalue weighted by Crippen LogP contribution is 2.39. The molecule has 0 aromatic heterocycles. The van der Waals surface area contributed by atoms with Crippen molar-refractivity contribution in [1.82, 2.24) is 0 Å². The number of hydrogen-bond acceptors (Lipinski definition) is 2. The van der Waals surface area contributed by atoms with Gasteiger partial charge in [0.25, 0.3) is 0 Å². The molecule has 1 unspecified atom stereocenters. The monoisotopic (exact) mass is 208 g/mol. The first-order chi connectivity index (χ1) is 6.97. The Bertz CT molecular complexity index is 298. The summed E-state index contributed by atoms with van der Waals surface area (Å²) in [6.45, 7) is 6.44. The molecule has 0 aromatic rings. The molecule has 0 spiro atoms. The van der Waals surface area contributed by atoms with Crippen LogP contribution in [0.3, 0.4) is 0 Å². The van der Waals surface area contributed by atoms with Gasteiger partial charge in [-0.1, -0.05) is 37.1 Å². The van der Waals surface area contributed by atoms with Gasteiger partial charge in [0, 0.05) is 6.42 Å². The van der Waals surface area contributed by atoms with Gasteiger partial charge >= 0.3 is 0 Å². The minimum absolute atomic E-state index is 0.114. The Morgan fingerprint density at radius 2 is 2.27 bits per heavy atom. The number of carbonyl (C=O) groups excluding carboxylic acids is 1. The molecule has 1 N–H and O–H groups in total. The fraction of sp³-hybridized carbons (Fsp3) is 0.615. The first-order valence-electron chi connectivity index (χ1n) is 5.46. The lowest BCUT2D eigenvalue weighted by Crippen LogP contribution is -2.22. The maximum Gasteiger partial charge on any atom is 0.122 e. The molecule has 0 heterocycles. The van der Waals surface area contributed by atoms with Gasteiger partial charge in [0.05, 0.1) is 6.10 Å². The first kappa shape index (κ1) is 12.2. The zero-order valence-electron chi connectivity index (χ0n) is 9.79. The van der Waals surface area contributed by atoms with E-state index < -0.39 is 6.10 Å². The maximum absolute atomic E-state index is 10.3. The quantitative estimate of drug-likeness (QED) is 0.721.